The SMILES string of the molecule is CC(C)(COP(=O)([O-])OP(=O)([O-])OCC1OC(C)(n2cnc3c(N)ncnc32)C(O)C1OP(=O)([O-])[O-])C(O)C(=O)NCCC(=O)NCCSC(=O)CCC(=O)[O-]. The minimum atomic E-state index is -5.95. The molecule has 3 rings (SSSR count). The number of thioether (sulfide) groups is 1. The molecule has 2 amide bonds. The van der Waals surface area contributed by atoms with E-state index < -0.39 is 102 Å². The Bertz CT molecular complexity index is 1900. The fourth-order valence-corrected chi connectivity index (χ4v) is 8.27. The summed E-state index contributed by atoms with van der Waals surface area (Å²) in [6.45, 7) is 0.922. The molecule has 26 nitrogen and oxygen atoms in total. The minimum absolute atomic E-state index is 0.0236. The second kappa shape index (κ2) is 19.2. The Kier molecular flexibility index (Phi) is 16.2. The number of carboxylic acid groups (broad SMARTS) is 1. The number of anilines is 1. The van der Waals surface area contributed by atoms with Crippen LogP contribution in [0, 0.1) is 5.41 Å². The Balaban J connectivity index is 1.52. The van der Waals surface area contributed by atoms with Gasteiger partial charge in [0.1, 0.15) is 36.3 Å². The first kappa shape index (κ1) is 47.4. The van der Waals surface area contributed by atoms with Crippen molar-refractivity contribution < 1.29 is 90.4 Å². The first-order chi connectivity index (χ1) is 25.8. The molecule has 1 saturated heterocycles. The van der Waals surface area contributed by atoms with Gasteiger partial charge in [0.05, 0.1) is 27.4 Å². The maximum atomic E-state index is 12.5. The van der Waals surface area contributed by atoms with Gasteiger partial charge in [-0.1, -0.05) is 25.6 Å². The highest BCUT2D eigenvalue weighted by Gasteiger charge is 2.55. The number of aliphatic hydroxyl groups is 2. The average Bonchev–Trinajstić information content (AvgIpc) is 3.63. The van der Waals surface area contributed by atoms with Gasteiger partial charge in [0.15, 0.2) is 22.3 Å². The van der Waals surface area contributed by atoms with Crippen LogP contribution in [0.1, 0.15) is 40.0 Å². The molecule has 0 aliphatic carbocycles. The van der Waals surface area contributed by atoms with Crippen LogP contribution in [0.4, 0.5) is 5.82 Å². The predicted octanol–water partition coefficient (Wildman–Crippen LogP) is -5.16. The molecule has 1 aliphatic rings. The molecule has 1 fully saturated rings. The lowest BCUT2D eigenvalue weighted by atomic mass is 9.87. The fraction of sp³-hybridized carbons (Fsp3) is 0.654. The van der Waals surface area contributed by atoms with Crippen molar-refractivity contribution in [2.45, 2.75) is 70.2 Å². The summed E-state index contributed by atoms with van der Waals surface area (Å²) in [6.07, 6.45) is -6.92. The maximum Gasteiger partial charge on any atom is 0.274 e. The molecule has 0 radical (unpaired) electrons. The van der Waals surface area contributed by atoms with E-state index in [4.69, 9.17) is 10.5 Å². The maximum absolute atomic E-state index is 12.5. The van der Waals surface area contributed by atoms with E-state index in [0.717, 1.165) is 49.8 Å². The number of phosphoric ester groups is 3. The van der Waals surface area contributed by atoms with Crippen LogP contribution in [0.25, 0.3) is 11.2 Å². The Labute approximate surface area is 321 Å². The lowest BCUT2D eigenvalue weighted by Gasteiger charge is -2.36. The third-order valence-electron chi connectivity index (χ3n) is 7.76. The van der Waals surface area contributed by atoms with Crippen molar-refractivity contribution >= 4 is 75.1 Å². The molecule has 2 aromatic rings. The van der Waals surface area contributed by atoms with Gasteiger partial charge in [0.25, 0.3) is 15.6 Å². The predicted molar refractivity (Wildman–Crippen MR) is 177 cm³/mol. The number of nitrogens with one attached hydrogen (secondary N) is 2. The van der Waals surface area contributed by atoms with Gasteiger partial charge in [-0.2, -0.15) is 0 Å². The van der Waals surface area contributed by atoms with E-state index >= 15 is 0 Å². The van der Waals surface area contributed by atoms with Gasteiger partial charge in [-0.05, 0) is 13.3 Å². The smallest absolute Gasteiger partial charge is 0.274 e. The van der Waals surface area contributed by atoms with Gasteiger partial charge in [-0.3, -0.25) is 28.1 Å². The summed E-state index contributed by atoms with van der Waals surface area (Å²) >= 11 is 0.809. The molecule has 7 unspecified atom stereocenters. The first-order valence-corrected chi connectivity index (χ1v) is 21.3. The van der Waals surface area contributed by atoms with E-state index in [1.165, 1.54) is 0 Å². The third-order valence-corrected chi connectivity index (χ3v) is 11.7. The first-order valence-electron chi connectivity index (χ1n) is 16.0. The van der Waals surface area contributed by atoms with Crippen molar-refractivity contribution in [1.29, 1.82) is 0 Å². The van der Waals surface area contributed by atoms with Crippen molar-refractivity contribution in [3.8, 4) is 0 Å². The molecule has 3 heterocycles. The zero-order chi connectivity index (χ0) is 42.3. The van der Waals surface area contributed by atoms with E-state index in [2.05, 4.69) is 43.5 Å². The number of nitrogens with zero attached hydrogens (tertiary/aromatic N) is 4. The molecule has 7 atom stereocenters. The topological polar surface area (TPSA) is 415 Å². The van der Waals surface area contributed by atoms with Crippen molar-refractivity contribution in [2.24, 2.45) is 5.41 Å². The molecule has 56 heavy (non-hydrogen) atoms. The normalized spacial score (nSPS) is 22.9. The summed E-state index contributed by atoms with van der Waals surface area (Å²) in [7, 11) is -17.7. The summed E-state index contributed by atoms with van der Waals surface area (Å²) in [4.78, 5) is 106. The largest absolute Gasteiger partial charge is 0.790 e. The van der Waals surface area contributed by atoms with E-state index in [9.17, 15) is 67.8 Å². The number of nitrogen functional groups attached to an aromatic ring is 1. The molecule has 316 valence electrons. The number of aromatic nitrogens is 4. The van der Waals surface area contributed by atoms with Crippen LogP contribution in [0.2, 0.25) is 0 Å². The van der Waals surface area contributed by atoms with Crippen LogP contribution < -0.4 is 41.0 Å². The summed E-state index contributed by atoms with van der Waals surface area (Å²) in [6, 6.07) is 0. The molecule has 1 aliphatic heterocycles. The molecule has 2 aromatic heterocycles. The van der Waals surface area contributed by atoms with Crippen molar-refractivity contribution in [3.05, 3.63) is 12.7 Å². The van der Waals surface area contributed by atoms with E-state index in [1.54, 1.807) is 0 Å². The van der Waals surface area contributed by atoms with E-state index in [1.807, 2.05) is 0 Å². The number of amides is 2. The summed E-state index contributed by atoms with van der Waals surface area (Å²) in [5.41, 5.74) is 1.94. The van der Waals surface area contributed by atoms with Gasteiger partial charge < -0.3 is 78.9 Å². The highest BCUT2D eigenvalue weighted by molar-refractivity contribution is 8.13. The number of hydrogen-bond donors (Lipinski definition) is 5. The Morgan fingerprint density at radius 2 is 1.71 bits per heavy atom. The Hall–Kier alpha value is -2.97. The number of aliphatic hydroxyl groups excluding tert-OH is 2. The monoisotopic (exact) mass is 876 g/mol. The number of carbonyl (C=O) groups is 4. The quantitative estimate of drug-likeness (QED) is 0.0545. The average molecular weight is 877 g/mol. The minimum Gasteiger partial charge on any atom is -0.790 e. The van der Waals surface area contributed by atoms with Crippen molar-refractivity contribution in [1.82, 2.24) is 30.2 Å². The lowest BCUT2D eigenvalue weighted by Crippen LogP contribution is -2.46. The van der Waals surface area contributed by atoms with E-state index in [-0.39, 0.29) is 48.7 Å². The van der Waals surface area contributed by atoms with Crippen LogP contribution in [-0.4, -0.2) is 109 Å². The Morgan fingerprint density at radius 1 is 1.05 bits per heavy atom. The van der Waals surface area contributed by atoms with Crippen molar-refractivity contribution in [2.75, 3.05) is 37.8 Å². The Morgan fingerprint density at radius 3 is 2.36 bits per heavy atom. The molecular formula is C26H37N7O19P3S-5. The number of rotatable bonds is 22. The van der Waals surface area contributed by atoms with Crippen LogP contribution >= 0.6 is 35.2 Å². The number of fused-ring (bicyclic) bond motifs is 1. The summed E-state index contributed by atoms with van der Waals surface area (Å²) < 4.78 is 60.8. The van der Waals surface area contributed by atoms with Crippen molar-refractivity contribution in [3.63, 3.8) is 0 Å². The van der Waals surface area contributed by atoms with Gasteiger partial charge in [-0.15, -0.1) is 0 Å². The van der Waals surface area contributed by atoms with Gasteiger partial charge in [0.2, 0.25) is 11.8 Å². The number of phosphoric acid groups is 3. The molecule has 0 aromatic carbocycles. The highest BCUT2D eigenvalue weighted by Crippen LogP contribution is 2.56. The van der Waals surface area contributed by atoms with Gasteiger partial charge >= 0.3 is 0 Å². The van der Waals surface area contributed by atoms with Gasteiger partial charge in [-0.25, -0.2) is 19.3 Å². The molecular weight excluding hydrogens is 839 g/mol. The summed E-state index contributed by atoms with van der Waals surface area (Å²) in [5.74, 6) is -2.92. The number of carbonyl (C=O) groups excluding carboxylic acids is 4. The molecule has 0 bridgehead atoms. The number of ether oxygens (including phenoxy) is 1. The molecule has 30 heteroatoms. The molecule has 6 N–H and O–H groups in total. The summed E-state index contributed by atoms with van der Waals surface area (Å²) in [5, 5.41) is 36.2. The number of nitrogens with two attached hydrogens (primary N) is 1. The zero-order valence-electron chi connectivity index (χ0n) is 29.6. The number of carboxylic acids is 1. The zero-order valence-corrected chi connectivity index (χ0v) is 33.1. The standard InChI is InChI=1S/C26H42N7O19P3S/c1-25(2,21(39)24(40)29-7-6-15(34)28-8-9-56-17(37)5-4-16(35)36)11-49-55(46,47)52-54(44,45)48-10-14-19(51-53(41,42)43)20(38)26(3,50-14)33-13-32-18-22(27)30-12-31-23(18)33/h12-14,19-21,38-39H,4-11H2,1-3H3,(H,28,34)(H,29,40)(H,35,36)(H,44,45)(H,46,47)(H2,27,30,31)(H2,41,42,43)/p-5. The molecule has 0 spiro atoms. The number of aliphatic carboxylic acids is 1. The van der Waals surface area contributed by atoms with Crippen LogP contribution in [0.15, 0.2) is 12.7 Å². The van der Waals surface area contributed by atoms with Crippen LogP contribution in [0.3, 0.4) is 0 Å². The number of hydrogen-bond acceptors (Lipinski definition) is 24. The second-order valence-electron chi connectivity index (χ2n) is 12.6. The van der Waals surface area contributed by atoms with Crippen LogP contribution in [-0.2, 0) is 61.2 Å². The van der Waals surface area contributed by atoms with Crippen LogP contribution in [0.5, 0.6) is 0 Å². The van der Waals surface area contributed by atoms with Gasteiger partial charge in [0, 0.05) is 43.1 Å². The molecule has 0 saturated carbocycles. The highest BCUT2D eigenvalue weighted by atomic mass is 32.2. The number of imidazole rings is 1. The lowest BCUT2D eigenvalue weighted by molar-refractivity contribution is -0.347. The fourth-order valence-electron chi connectivity index (χ4n) is 4.86. The third kappa shape index (κ3) is 13.6. The second-order valence-corrected chi connectivity index (χ2v) is 17.9. The van der Waals surface area contributed by atoms with E-state index in [0.29, 0.717) is 0 Å².